The lowest BCUT2D eigenvalue weighted by atomic mass is 9.46. The van der Waals surface area contributed by atoms with Gasteiger partial charge >= 0.3 is 0 Å². The van der Waals surface area contributed by atoms with Crippen LogP contribution in [0.1, 0.15) is 32.0 Å². The normalized spacial score (nSPS) is 17.2. The quantitative estimate of drug-likeness (QED) is 0.567. The van der Waals surface area contributed by atoms with E-state index in [-0.39, 0.29) is 12.0 Å². The summed E-state index contributed by atoms with van der Waals surface area (Å²) in [7, 11) is 27.7. The van der Waals surface area contributed by atoms with Gasteiger partial charge in [0.15, 0.2) is 0 Å². The first-order chi connectivity index (χ1) is 12.8. The van der Waals surface area contributed by atoms with Crippen LogP contribution in [0.15, 0.2) is 24.5 Å². The highest BCUT2D eigenvalue weighted by Gasteiger charge is 2.42. The minimum absolute atomic E-state index is 0.0417. The molecule has 3 rings (SSSR count). The van der Waals surface area contributed by atoms with Crippen LogP contribution in [0.4, 0.5) is 0 Å². The molecule has 0 aliphatic carbocycles. The number of amides is 1. The second kappa shape index (κ2) is 7.82. The van der Waals surface area contributed by atoms with E-state index >= 15 is 0 Å². The van der Waals surface area contributed by atoms with E-state index in [9.17, 15) is 4.79 Å². The zero-order valence-corrected chi connectivity index (χ0v) is 17.0. The average Bonchev–Trinajstić information content (AvgIpc) is 3.00. The molecule has 10 heteroatoms. The van der Waals surface area contributed by atoms with E-state index in [1.54, 1.807) is 30.3 Å². The van der Waals surface area contributed by atoms with Gasteiger partial charge in [0, 0.05) is 37.8 Å². The van der Waals surface area contributed by atoms with Crippen molar-refractivity contribution in [3.05, 3.63) is 35.8 Å². The summed E-state index contributed by atoms with van der Waals surface area (Å²) in [4.78, 5) is 16.7. The number of carbonyl (C=O) groups excluding carboxylic acids is 1. The highest BCUT2D eigenvalue weighted by atomic mass is 16.5. The van der Waals surface area contributed by atoms with Crippen molar-refractivity contribution in [1.82, 2.24) is 19.7 Å². The molecule has 0 N–H and O–H groups in total. The molecule has 1 aliphatic rings. The van der Waals surface area contributed by atoms with E-state index in [0.717, 1.165) is 16.2 Å². The number of hydrogen-bond donors (Lipinski definition) is 0. The minimum Gasteiger partial charge on any atom is -0.379 e. The SMILES string of the molecule is COC(C)(C)C.[B]C1([B])Cc2ncc(-c3ccnn3C)cc2C([B])([B])N1C=O. The number of carbonyl (C=O) groups is 1. The van der Waals surface area contributed by atoms with Crippen molar-refractivity contribution in [3.8, 4) is 11.3 Å². The van der Waals surface area contributed by atoms with E-state index < -0.39 is 10.7 Å². The van der Waals surface area contributed by atoms with E-state index in [1.807, 2.05) is 33.9 Å². The second-order valence-corrected chi connectivity index (χ2v) is 7.84. The number of nitrogens with zero attached hydrogens (tertiary/aromatic N) is 4. The first-order valence-electron chi connectivity index (χ1n) is 8.76. The van der Waals surface area contributed by atoms with Gasteiger partial charge in [-0.05, 0) is 55.6 Å². The van der Waals surface area contributed by atoms with Gasteiger partial charge in [-0.25, -0.2) is 0 Å². The van der Waals surface area contributed by atoms with Crippen LogP contribution < -0.4 is 0 Å². The molecule has 1 amide bonds. The second-order valence-electron chi connectivity index (χ2n) is 7.84. The number of aromatic nitrogens is 3. The summed E-state index contributed by atoms with van der Waals surface area (Å²) in [6.45, 7) is 6.06. The number of ether oxygens (including phenoxy) is 1. The number of methoxy groups -OCH3 is 1. The van der Waals surface area contributed by atoms with E-state index in [0.29, 0.717) is 17.7 Å². The van der Waals surface area contributed by atoms with Crippen LogP contribution in [0.5, 0.6) is 0 Å². The Hall–Kier alpha value is -1.95. The third-order valence-corrected chi connectivity index (χ3v) is 4.53. The molecule has 0 spiro atoms. The summed E-state index contributed by atoms with van der Waals surface area (Å²) in [5.41, 5.74) is 2.75. The van der Waals surface area contributed by atoms with Crippen molar-refractivity contribution in [2.45, 2.75) is 43.5 Å². The lowest BCUT2D eigenvalue weighted by molar-refractivity contribution is -0.122. The van der Waals surface area contributed by atoms with Crippen molar-refractivity contribution >= 4 is 37.8 Å². The summed E-state index contributed by atoms with van der Waals surface area (Å²) in [6.07, 6.45) is 3.97. The van der Waals surface area contributed by atoms with Crippen LogP contribution in [-0.4, -0.2) is 75.5 Å². The third kappa shape index (κ3) is 4.54. The number of pyridine rings is 1. The molecule has 0 bridgehead atoms. The van der Waals surface area contributed by atoms with Gasteiger partial charge in [-0.1, -0.05) is 0 Å². The molecule has 0 fully saturated rings. The molecule has 1 aliphatic heterocycles. The van der Waals surface area contributed by atoms with Crippen LogP contribution in [0, 0.1) is 0 Å². The topological polar surface area (TPSA) is 60.3 Å². The first-order valence-corrected chi connectivity index (χ1v) is 8.76. The van der Waals surface area contributed by atoms with Crippen LogP contribution in [0.3, 0.4) is 0 Å². The van der Waals surface area contributed by atoms with E-state index in [4.69, 9.17) is 36.1 Å². The van der Waals surface area contributed by atoms with E-state index in [2.05, 4.69) is 10.1 Å². The fraction of sp³-hybridized carbons (Fsp3) is 0.500. The molecule has 0 unspecified atom stereocenters. The molecule has 138 valence electrons. The van der Waals surface area contributed by atoms with Crippen LogP contribution in [0.2, 0.25) is 0 Å². The maximum Gasteiger partial charge on any atom is 0.208 e. The summed E-state index contributed by atoms with van der Waals surface area (Å²) < 4.78 is 6.64. The summed E-state index contributed by atoms with van der Waals surface area (Å²) in [5.74, 6) is 0. The van der Waals surface area contributed by atoms with Crippen molar-refractivity contribution in [2.75, 3.05) is 7.11 Å². The average molecular weight is 370 g/mol. The highest BCUT2D eigenvalue weighted by molar-refractivity contribution is 6.45. The lowest BCUT2D eigenvalue weighted by Gasteiger charge is -2.53. The van der Waals surface area contributed by atoms with Crippen LogP contribution >= 0.6 is 0 Å². The number of rotatable bonds is 2. The van der Waals surface area contributed by atoms with E-state index in [1.165, 1.54) is 0 Å². The van der Waals surface area contributed by atoms with Gasteiger partial charge in [0.1, 0.15) is 0 Å². The standard InChI is InChI=1S/C13H10B4N4O.C5H12O/c1-20-11(2-3-19-20)8-4-9-10(18-6-8)5-12(14,15)21(7-22)13(9,16)17;1-5(2,3)6-4/h2-4,6-7H,5H2,1H3;1-4H3. The Morgan fingerprint density at radius 3 is 2.32 bits per heavy atom. The predicted octanol–water partition coefficient (Wildman–Crippen LogP) is 0.366. The van der Waals surface area contributed by atoms with Crippen molar-refractivity contribution in [3.63, 3.8) is 0 Å². The van der Waals surface area contributed by atoms with Crippen molar-refractivity contribution < 1.29 is 9.53 Å². The van der Waals surface area contributed by atoms with Crippen LogP contribution in [-0.2, 0) is 28.3 Å². The molecule has 2 aromatic rings. The first kappa shape index (κ1) is 22.3. The molecular weight excluding hydrogens is 347 g/mol. The number of fused-ring (bicyclic) bond motifs is 1. The summed E-state index contributed by atoms with van der Waals surface area (Å²) >= 11 is 0. The molecule has 28 heavy (non-hydrogen) atoms. The Morgan fingerprint density at radius 1 is 1.25 bits per heavy atom. The molecule has 2 aromatic heterocycles. The number of hydrogen-bond acceptors (Lipinski definition) is 4. The van der Waals surface area contributed by atoms with Gasteiger partial charge in [-0.15, -0.1) is 0 Å². The zero-order valence-electron chi connectivity index (χ0n) is 17.0. The largest absolute Gasteiger partial charge is 0.379 e. The fourth-order valence-corrected chi connectivity index (χ4v) is 2.79. The van der Waals surface area contributed by atoms with Crippen molar-refractivity contribution in [2.24, 2.45) is 7.05 Å². The number of aryl methyl sites for hydroxylation is 1. The van der Waals surface area contributed by atoms with Gasteiger partial charge in [-0.3, -0.25) is 14.5 Å². The Morgan fingerprint density at radius 2 is 1.86 bits per heavy atom. The molecule has 6 nitrogen and oxygen atoms in total. The molecular formula is C18H22B4N4O2. The smallest absolute Gasteiger partial charge is 0.208 e. The third-order valence-electron chi connectivity index (χ3n) is 4.53. The fourth-order valence-electron chi connectivity index (χ4n) is 2.79. The Balaban J connectivity index is 0.000000409. The Bertz CT molecular complexity index is 846. The molecule has 3 heterocycles. The Kier molecular flexibility index (Phi) is 6.24. The van der Waals surface area contributed by atoms with Gasteiger partial charge in [0.25, 0.3) is 0 Å². The Labute approximate surface area is 172 Å². The van der Waals surface area contributed by atoms with Gasteiger partial charge in [0.05, 0.1) is 42.7 Å². The van der Waals surface area contributed by atoms with Crippen LogP contribution in [0.25, 0.3) is 11.3 Å². The van der Waals surface area contributed by atoms with Gasteiger partial charge in [0.2, 0.25) is 6.41 Å². The van der Waals surface area contributed by atoms with Crippen molar-refractivity contribution in [1.29, 1.82) is 0 Å². The van der Waals surface area contributed by atoms with Gasteiger partial charge < -0.3 is 9.64 Å². The molecule has 0 aromatic carbocycles. The minimum atomic E-state index is -1.64. The zero-order chi connectivity index (χ0) is 21.3. The monoisotopic (exact) mass is 370 g/mol. The molecule has 0 atom stereocenters. The molecule has 0 saturated heterocycles. The maximum absolute atomic E-state index is 11.3. The highest BCUT2D eigenvalue weighted by Crippen LogP contribution is 2.36. The predicted molar refractivity (Wildman–Crippen MR) is 112 cm³/mol. The molecule has 8 radical (unpaired) electrons. The molecule has 0 saturated carbocycles. The summed E-state index contributed by atoms with van der Waals surface area (Å²) in [5, 5.41) is 0.990. The lowest BCUT2D eigenvalue weighted by Crippen LogP contribution is -2.64. The summed E-state index contributed by atoms with van der Waals surface area (Å²) in [6, 6.07) is 3.62. The maximum atomic E-state index is 11.3. The van der Waals surface area contributed by atoms with Gasteiger partial charge in [-0.2, -0.15) is 5.10 Å².